The van der Waals surface area contributed by atoms with Crippen molar-refractivity contribution in [1.29, 1.82) is 0 Å². The Bertz CT molecular complexity index is 93.8. The van der Waals surface area contributed by atoms with Gasteiger partial charge < -0.3 is 5.73 Å². The maximum Gasteiger partial charge on any atom is 0.0166 e. The largest absolute Gasteiger partial charge is 0.327 e. The third kappa shape index (κ3) is 6.99. The second kappa shape index (κ2) is 7.93. The lowest BCUT2D eigenvalue weighted by molar-refractivity contribution is 0.566. The third-order valence-corrected chi connectivity index (χ3v) is 2.94. The molecule has 0 aromatic rings. The van der Waals surface area contributed by atoms with Crippen molar-refractivity contribution in [2.75, 3.05) is 0 Å². The van der Waals surface area contributed by atoms with Crippen molar-refractivity contribution in [2.24, 2.45) is 5.73 Å². The van der Waals surface area contributed by atoms with Crippen LogP contribution in [0.5, 0.6) is 0 Å². The zero-order valence-corrected chi connectivity index (χ0v) is 9.32. The fourth-order valence-corrected chi connectivity index (χ4v) is 1.40. The van der Waals surface area contributed by atoms with E-state index in [2.05, 4.69) is 19.6 Å². The Morgan fingerprint density at radius 1 is 1.17 bits per heavy atom. The first kappa shape index (κ1) is 12.3. The average molecular weight is 189 g/mol. The molecule has 0 spiro atoms. The van der Waals surface area contributed by atoms with Gasteiger partial charge in [-0.25, -0.2) is 0 Å². The molecule has 0 bridgehead atoms. The molecule has 2 unspecified atom stereocenters. The summed E-state index contributed by atoms with van der Waals surface area (Å²) in [5, 5.41) is 0.395. The molecule has 2 N–H and O–H groups in total. The molecule has 2 atom stereocenters. The molecule has 2 heteroatoms. The van der Waals surface area contributed by atoms with Crippen LogP contribution in [0.15, 0.2) is 0 Å². The number of nitrogens with two attached hydrogens (primary N) is 1. The molecular weight excluding hydrogens is 166 g/mol. The van der Waals surface area contributed by atoms with Gasteiger partial charge in [0.1, 0.15) is 0 Å². The minimum absolute atomic E-state index is 0.236. The number of hydrogen-bond acceptors (Lipinski definition) is 2. The van der Waals surface area contributed by atoms with Crippen molar-refractivity contribution in [2.45, 2.75) is 63.7 Å². The van der Waals surface area contributed by atoms with Gasteiger partial charge in [0.05, 0.1) is 0 Å². The van der Waals surface area contributed by atoms with Crippen LogP contribution in [0.25, 0.3) is 0 Å². The number of thiol groups is 1. The van der Waals surface area contributed by atoms with Crippen molar-refractivity contribution in [3.8, 4) is 0 Å². The van der Waals surface area contributed by atoms with Gasteiger partial charge in [-0.1, -0.05) is 39.0 Å². The lowest BCUT2D eigenvalue weighted by Crippen LogP contribution is -2.26. The van der Waals surface area contributed by atoms with E-state index < -0.39 is 0 Å². The van der Waals surface area contributed by atoms with Crippen molar-refractivity contribution in [3.05, 3.63) is 0 Å². The summed E-state index contributed by atoms with van der Waals surface area (Å²) < 4.78 is 0. The molecule has 1 nitrogen and oxygen atoms in total. The van der Waals surface area contributed by atoms with E-state index in [9.17, 15) is 0 Å². The van der Waals surface area contributed by atoms with E-state index in [0.717, 1.165) is 0 Å². The molecule has 0 fully saturated rings. The van der Waals surface area contributed by atoms with Crippen molar-refractivity contribution < 1.29 is 0 Å². The van der Waals surface area contributed by atoms with Crippen LogP contribution in [0.1, 0.15) is 52.4 Å². The molecule has 0 amide bonds. The number of rotatable bonds is 7. The zero-order valence-electron chi connectivity index (χ0n) is 8.42. The van der Waals surface area contributed by atoms with Crippen molar-refractivity contribution in [1.82, 2.24) is 0 Å². The number of hydrogen-bond donors (Lipinski definition) is 2. The lowest BCUT2D eigenvalue weighted by Gasteiger charge is -2.13. The second-order valence-electron chi connectivity index (χ2n) is 3.63. The van der Waals surface area contributed by atoms with Gasteiger partial charge in [0.2, 0.25) is 0 Å². The summed E-state index contributed by atoms with van der Waals surface area (Å²) in [6, 6.07) is 0.236. The molecule has 0 saturated carbocycles. The fraction of sp³-hybridized carbons (Fsp3) is 1.00. The lowest BCUT2D eigenvalue weighted by atomic mass is 10.1. The Balaban J connectivity index is 3.08. The molecule has 0 aliphatic carbocycles. The highest BCUT2D eigenvalue weighted by Gasteiger charge is 2.06. The smallest absolute Gasteiger partial charge is 0.0166 e. The molecule has 0 aliphatic heterocycles. The highest BCUT2D eigenvalue weighted by molar-refractivity contribution is 7.81. The maximum absolute atomic E-state index is 5.70. The first-order chi connectivity index (χ1) is 5.68. The van der Waals surface area contributed by atoms with E-state index in [4.69, 9.17) is 5.73 Å². The van der Waals surface area contributed by atoms with Crippen LogP contribution in [-0.4, -0.2) is 11.3 Å². The van der Waals surface area contributed by atoms with Gasteiger partial charge in [-0.15, -0.1) is 0 Å². The third-order valence-electron chi connectivity index (χ3n) is 2.21. The van der Waals surface area contributed by atoms with Crippen LogP contribution >= 0.6 is 12.6 Å². The minimum Gasteiger partial charge on any atom is -0.327 e. The Kier molecular flexibility index (Phi) is 8.14. The van der Waals surface area contributed by atoms with E-state index in [1.54, 1.807) is 0 Å². The summed E-state index contributed by atoms with van der Waals surface area (Å²) >= 11 is 4.42. The van der Waals surface area contributed by atoms with Crippen molar-refractivity contribution in [3.63, 3.8) is 0 Å². The molecular formula is C10H23NS. The Morgan fingerprint density at radius 3 is 2.25 bits per heavy atom. The summed E-state index contributed by atoms with van der Waals surface area (Å²) in [7, 11) is 0. The van der Waals surface area contributed by atoms with Gasteiger partial charge in [0, 0.05) is 11.3 Å². The molecule has 0 aliphatic rings. The first-order valence-corrected chi connectivity index (χ1v) is 5.63. The van der Waals surface area contributed by atoms with E-state index in [1.165, 1.54) is 38.5 Å². The number of unbranched alkanes of at least 4 members (excludes halogenated alkanes) is 4. The van der Waals surface area contributed by atoms with Crippen LogP contribution in [0.4, 0.5) is 0 Å². The zero-order chi connectivity index (χ0) is 9.40. The molecule has 0 radical (unpaired) electrons. The van der Waals surface area contributed by atoms with Gasteiger partial charge >= 0.3 is 0 Å². The van der Waals surface area contributed by atoms with Crippen LogP contribution < -0.4 is 5.73 Å². The molecule has 0 aromatic carbocycles. The predicted molar refractivity (Wildman–Crippen MR) is 59.8 cm³/mol. The standard InChI is InChI=1S/C10H23NS/c1-3-4-5-6-7-8-10(12)9(2)11/h9-10,12H,3-8,11H2,1-2H3. The monoisotopic (exact) mass is 189 g/mol. The molecule has 74 valence electrons. The minimum atomic E-state index is 0.236. The summed E-state index contributed by atoms with van der Waals surface area (Å²) in [4.78, 5) is 0. The maximum atomic E-state index is 5.70. The molecule has 0 aromatic heterocycles. The highest BCUT2D eigenvalue weighted by atomic mass is 32.1. The van der Waals surface area contributed by atoms with E-state index in [1.807, 2.05) is 6.92 Å². The van der Waals surface area contributed by atoms with Gasteiger partial charge in [-0.3, -0.25) is 0 Å². The fourth-order valence-electron chi connectivity index (χ4n) is 1.22. The molecule has 0 saturated heterocycles. The second-order valence-corrected chi connectivity index (χ2v) is 4.29. The molecule has 0 rings (SSSR count). The highest BCUT2D eigenvalue weighted by Crippen LogP contribution is 2.12. The van der Waals surface area contributed by atoms with Gasteiger partial charge in [-0.05, 0) is 13.3 Å². The van der Waals surface area contributed by atoms with Gasteiger partial charge in [0.15, 0.2) is 0 Å². The van der Waals surface area contributed by atoms with Crippen LogP contribution in [0.3, 0.4) is 0 Å². The van der Waals surface area contributed by atoms with Crippen LogP contribution in [0, 0.1) is 0 Å². The summed E-state index contributed by atoms with van der Waals surface area (Å²) in [5.74, 6) is 0. The van der Waals surface area contributed by atoms with Gasteiger partial charge in [-0.2, -0.15) is 12.6 Å². The average Bonchev–Trinajstić information content (AvgIpc) is 2.03. The SMILES string of the molecule is CCCCCCCC(S)C(C)N. The quantitative estimate of drug-likeness (QED) is 0.467. The predicted octanol–water partition coefficient (Wildman–Crippen LogP) is 2.99. The topological polar surface area (TPSA) is 26.0 Å². The summed E-state index contributed by atoms with van der Waals surface area (Å²) in [6.45, 7) is 4.27. The first-order valence-electron chi connectivity index (χ1n) is 5.12. The normalized spacial score (nSPS) is 16.0. The van der Waals surface area contributed by atoms with Crippen LogP contribution in [-0.2, 0) is 0 Å². The Hall–Kier alpha value is 0.310. The molecule has 12 heavy (non-hydrogen) atoms. The van der Waals surface area contributed by atoms with Crippen LogP contribution in [0.2, 0.25) is 0 Å². The summed E-state index contributed by atoms with van der Waals surface area (Å²) in [6.07, 6.45) is 7.86. The van der Waals surface area contributed by atoms with Gasteiger partial charge in [0.25, 0.3) is 0 Å². The molecule has 0 heterocycles. The van der Waals surface area contributed by atoms with E-state index in [0.29, 0.717) is 5.25 Å². The Labute approximate surface area is 82.5 Å². The van der Waals surface area contributed by atoms with E-state index >= 15 is 0 Å². The summed E-state index contributed by atoms with van der Waals surface area (Å²) in [5.41, 5.74) is 5.70. The Morgan fingerprint density at radius 2 is 1.75 bits per heavy atom. The van der Waals surface area contributed by atoms with E-state index in [-0.39, 0.29) is 6.04 Å². The van der Waals surface area contributed by atoms with Crippen molar-refractivity contribution >= 4 is 12.6 Å².